The first-order valence-electron chi connectivity index (χ1n) is 5.51. The van der Waals surface area contributed by atoms with Crippen molar-refractivity contribution >= 4 is 23.2 Å². The van der Waals surface area contributed by atoms with E-state index in [-0.39, 0.29) is 12.2 Å². The second-order valence-electron chi connectivity index (χ2n) is 4.11. The number of fused-ring (bicyclic) bond motifs is 1. The predicted octanol–water partition coefficient (Wildman–Crippen LogP) is 1.45. The molecule has 1 aromatic heterocycles. The number of aryl methyl sites for hydroxylation is 1. The lowest BCUT2D eigenvalue weighted by Crippen LogP contribution is -2.02. The Labute approximate surface area is 103 Å². The average Bonchev–Trinajstić information content (AvgIpc) is 2.66. The van der Waals surface area contributed by atoms with Crippen LogP contribution in [0.3, 0.4) is 0 Å². The van der Waals surface area contributed by atoms with Crippen molar-refractivity contribution in [2.45, 2.75) is 13.5 Å². The summed E-state index contributed by atoms with van der Waals surface area (Å²) in [6, 6.07) is 3.23. The normalized spacial score (nSPS) is 10.8. The number of nitrogens with zero attached hydrogens (tertiary/aromatic N) is 1. The fraction of sp³-hybridized carbons (Fsp3) is 0.231. The molecule has 5 heteroatoms. The van der Waals surface area contributed by atoms with Gasteiger partial charge in [0.05, 0.1) is 12.2 Å². The first kappa shape index (κ1) is 12.3. The van der Waals surface area contributed by atoms with Crippen molar-refractivity contribution in [1.29, 1.82) is 0 Å². The molecule has 1 heterocycles. The topological polar surface area (TPSA) is 79.5 Å². The lowest BCUT2D eigenvalue weighted by atomic mass is 10.0. The van der Waals surface area contributed by atoms with Crippen molar-refractivity contribution in [2.24, 2.45) is 0 Å². The molecule has 0 atom stereocenters. The van der Waals surface area contributed by atoms with Crippen molar-refractivity contribution < 1.29 is 19.8 Å². The molecule has 0 saturated heterocycles. The van der Waals surface area contributed by atoms with Crippen LogP contribution in [0, 0.1) is 6.92 Å². The molecule has 2 N–H and O–H groups in total. The van der Waals surface area contributed by atoms with Gasteiger partial charge >= 0.3 is 5.97 Å². The van der Waals surface area contributed by atoms with E-state index in [2.05, 4.69) is 0 Å². The first-order chi connectivity index (χ1) is 8.58. The Morgan fingerprint density at radius 2 is 2.17 bits per heavy atom. The summed E-state index contributed by atoms with van der Waals surface area (Å²) < 4.78 is 1.75. The van der Waals surface area contributed by atoms with Crippen LogP contribution in [0.5, 0.6) is 0 Å². The highest BCUT2D eigenvalue weighted by atomic mass is 16.4. The van der Waals surface area contributed by atoms with E-state index < -0.39 is 5.97 Å². The molecule has 0 saturated carbocycles. The highest BCUT2D eigenvalue weighted by Crippen LogP contribution is 2.24. The van der Waals surface area contributed by atoms with Gasteiger partial charge in [-0.1, -0.05) is 0 Å². The molecular formula is C13H13NO4. The lowest BCUT2D eigenvalue weighted by Gasteiger charge is -2.05. The first-order valence-corrected chi connectivity index (χ1v) is 5.51. The number of carbonyl (C=O) groups is 2. The number of aliphatic hydroxyl groups excluding tert-OH is 1. The number of carboxylic acid groups (broad SMARTS) is 1. The summed E-state index contributed by atoms with van der Waals surface area (Å²) >= 11 is 0. The van der Waals surface area contributed by atoms with Gasteiger partial charge in [0.2, 0.25) is 0 Å². The number of aliphatic hydroxyl groups is 1. The van der Waals surface area contributed by atoms with Crippen LogP contribution in [0.15, 0.2) is 18.3 Å². The summed E-state index contributed by atoms with van der Waals surface area (Å²) in [5.74, 6) is -1.01. The van der Waals surface area contributed by atoms with Crippen LogP contribution in [0.4, 0.5) is 0 Å². The van der Waals surface area contributed by atoms with E-state index in [1.54, 1.807) is 23.8 Å². The standard InChI is InChI=1S/C13H13NO4/c1-8-4-12-11(5-10(8)13(17)18)9(7-16)6-14(12)2-3-15/h4-7,15H,2-3H2,1H3,(H,17,18). The van der Waals surface area contributed by atoms with Crippen LogP contribution in [0.25, 0.3) is 10.9 Å². The maximum absolute atomic E-state index is 11.1. The highest BCUT2D eigenvalue weighted by molar-refractivity contribution is 6.02. The highest BCUT2D eigenvalue weighted by Gasteiger charge is 2.14. The molecule has 18 heavy (non-hydrogen) atoms. The molecule has 0 aliphatic carbocycles. The number of aromatic carboxylic acids is 1. The smallest absolute Gasteiger partial charge is 0.335 e. The molecule has 0 amide bonds. The number of aromatic nitrogens is 1. The third-order valence-electron chi connectivity index (χ3n) is 2.96. The minimum Gasteiger partial charge on any atom is -0.478 e. The second-order valence-corrected chi connectivity index (χ2v) is 4.11. The van der Waals surface area contributed by atoms with E-state index in [4.69, 9.17) is 10.2 Å². The van der Waals surface area contributed by atoms with Crippen LogP contribution in [0.2, 0.25) is 0 Å². The van der Waals surface area contributed by atoms with Gasteiger partial charge in [0.15, 0.2) is 6.29 Å². The summed E-state index contributed by atoms with van der Waals surface area (Å²) in [6.07, 6.45) is 2.32. The Morgan fingerprint density at radius 3 is 2.72 bits per heavy atom. The molecule has 0 aliphatic rings. The number of aldehydes is 1. The fourth-order valence-corrected chi connectivity index (χ4v) is 2.09. The van der Waals surface area contributed by atoms with Crippen LogP contribution in [0.1, 0.15) is 26.3 Å². The van der Waals surface area contributed by atoms with Gasteiger partial charge in [0.1, 0.15) is 0 Å². The summed E-state index contributed by atoms with van der Waals surface area (Å²) in [6.45, 7) is 2.04. The summed E-state index contributed by atoms with van der Waals surface area (Å²) in [5.41, 5.74) is 2.01. The molecule has 94 valence electrons. The fourth-order valence-electron chi connectivity index (χ4n) is 2.09. The van der Waals surface area contributed by atoms with Gasteiger partial charge in [0.25, 0.3) is 0 Å². The minimum absolute atomic E-state index is 0.0399. The van der Waals surface area contributed by atoms with Crippen molar-refractivity contribution in [3.8, 4) is 0 Å². The zero-order chi connectivity index (χ0) is 13.3. The third-order valence-corrected chi connectivity index (χ3v) is 2.96. The van der Waals surface area contributed by atoms with E-state index in [0.29, 0.717) is 29.3 Å². The van der Waals surface area contributed by atoms with Gasteiger partial charge in [-0.25, -0.2) is 4.79 Å². The van der Waals surface area contributed by atoms with Crippen molar-refractivity contribution in [3.05, 3.63) is 35.0 Å². The van der Waals surface area contributed by atoms with Gasteiger partial charge in [-0.2, -0.15) is 0 Å². The SMILES string of the molecule is Cc1cc2c(cc1C(=O)O)c(C=O)cn2CCO. The van der Waals surface area contributed by atoms with E-state index >= 15 is 0 Å². The van der Waals surface area contributed by atoms with Crippen molar-refractivity contribution in [3.63, 3.8) is 0 Å². The van der Waals surface area contributed by atoms with Crippen LogP contribution in [-0.2, 0) is 6.54 Å². The number of carboxylic acids is 1. The summed E-state index contributed by atoms with van der Waals surface area (Å²) in [4.78, 5) is 22.0. The maximum Gasteiger partial charge on any atom is 0.335 e. The zero-order valence-corrected chi connectivity index (χ0v) is 9.88. The van der Waals surface area contributed by atoms with Gasteiger partial charge < -0.3 is 14.8 Å². The number of carbonyl (C=O) groups excluding carboxylic acids is 1. The monoisotopic (exact) mass is 247 g/mol. The predicted molar refractivity (Wildman–Crippen MR) is 66.1 cm³/mol. The van der Waals surface area contributed by atoms with Crippen LogP contribution in [-0.4, -0.2) is 33.6 Å². The van der Waals surface area contributed by atoms with Crippen LogP contribution >= 0.6 is 0 Å². The molecule has 0 aliphatic heterocycles. The summed E-state index contributed by atoms with van der Waals surface area (Å²) in [7, 11) is 0. The number of rotatable bonds is 4. The quantitative estimate of drug-likeness (QED) is 0.801. The molecule has 0 bridgehead atoms. The molecule has 2 rings (SSSR count). The van der Waals surface area contributed by atoms with E-state index in [9.17, 15) is 9.59 Å². The lowest BCUT2D eigenvalue weighted by molar-refractivity contribution is 0.0696. The second kappa shape index (κ2) is 4.62. The van der Waals surface area contributed by atoms with E-state index in [0.717, 1.165) is 5.52 Å². The zero-order valence-electron chi connectivity index (χ0n) is 9.88. The Bertz CT molecular complexity index is 627. The molecule has 2 aromatic rings. The van der Waals surface area contributed by atoms with Gasteiger partial charge in [-0.15, -0.1) is 0 Å². The summed E-state index contributed by atoms with van der Waals surface area (Å²) in [5, 5.41) is 18.6. The minimum atomic E-state index is -1.01. The van der Waals surface area contributed by atoms with E-state index in [1.165, 1.54) is 6.07 Å². The molecule has 1 aromatic carbocycles. The van der Waals surface area contributed by atoms with Gasteiger partial charge in [0, 0.05) is 29.2 Å². The maximum atomic E-state index is 11.1. The van der Waals surface area contributed by atoms with Crippen molar-refractivity contribution in [2.75, 3.05) is 6.61 Å². The molecule has 0 radical (unpaired) electrons. The molecule has 0 unspecified atom stereocenters. The Kier molecular flexibility index (Phi) is 3.16. The largest absolute Gasteiger partial charge is 0.478 e. The Hall–Kier alpha value is -2.14. The van der Waals surface area contributed by atoms with Crippen LogP contribution < -0.4 is 0 Å². The number of benzene rings is 1. The molecule has 5 nitrogen and oxygen atoms in total. The van der Waals surface area contributed by atoms with E-state index in [1.807, 2.05) is 0 Å². The third kappa shape index (κ3) is 1.89. The van der Waals surface area contributed by atoms with Crippen molar-refractivity contribution in [1.82, 2.24) is 4.57 Å². The molecule has 0 fully saturated rings. The molecular weight excluding hydrogens is 234 g/mol. The van der Waals surface area contributed by atoms with Gasteiger partial charge in [-0.3, -0.25) is 4.79 Å². The van der Waals surface area contributed by atoms with Gasteiger partial charge in [-0.05, 0) is 24.6 Å². The Balaban J connectivity index is 2.76. The average molecular weight is 247 g/mol. The number of hydrogen-bond acceptors (Lipinski definition) is 3. The Morgan fingerprint density at radius 1 is 1.44 bits per heavy atom. The molecule has 0 spiro atoms. The number of hydrogen-bond donors (Lipinski definition) is 2.